The molecule has 2 amide bonds. The van der Waals surface area contributed by atoms with E-state index in [-0.39, 0.29) is 24.4 Å². The van der Waals surface area contributed by atoms with Crippen LogP contribution in [0.3, 0.4) is 0 Å². The lowest BCUT2D eigenvalue weighted by Crippen LogP contribution is -2.49. The van der Waals surface area contributed by atoms with E-state index in [0.29, 0.717) is 18.3 Å². The number of aldehydes is 1. The Bertz CT molecular complexity index is 410. The first-order valence-electron chi connectivity index (χ1n) is 10.7. The molecular formula is C22H47N3O3. The summed E-state index contributed by atoms with van der Waals surface area (Å²) in [6.07, 6.45) is 3.39. The predicted molar refractivity (Wildman–Crippen MR) is 119 cm³/mol. The Kier molecular flexibility index (Phi) is 21.1. The van der Waals surface area contributed by atoms with Gasteiger partial charge in [0.1, 0.15) is 6.29 Å². The molecule has 0 spiro atoms. The molecule has 0 saturated heterocycles. The van der Waals surface area contributed by atoms with Crippen molar-refractivity contribution in [2.24, 2.45) is 11.8 Å². The highest BCUT2D eigenvalue weighted by molar-refractivity contribution is 5.88. The fourth-order valence-electron chi connectivity index (χ4n) is 2.38. The van der Waals surface area contributed by atoms with Gasteiger partial charge in [0.05, 0.1) is 18.6 Å². The molecule has 0 aromatic heterocycles. The third kappa shape index (κ3) is 15.6. The summed E-state index contributed by atoms with van der Waals surface area (Å²) in [5.74, 6) is 0.298. The molecule has 0 saturated carbocycles. The van der Waals surface area contributed by atoms with E-state index in [4.69, 9.17) is 0 Å². The lowest BCUT2D eigenvalue weighted by molar-refractivity contribution is -0.136. The average Bonchev–Trinajstić information content (AvgIpc) is 2.63. The maximum Gasteiger partial charge on any atom is 0.242 e. The fourth-order valence-corrected chi connectivity index (χ4v) is 2.38. The monoisotopic (exact) mass is 401 g/mol. The third-order valence-corrected chi connectivity index (χ3v) is 3.80. The van der Waals surface area contributed by atoms with Crippen molar-refractivity contribution >= 4 is 18.1 Å². The molecule has 0 rings (SSSR count). The van der Waals surface area contributed by atoms with Crippen molar-refractivity contribution in [3.63, 3.8) is 0 Å². The van der Waals surface area contributed by atoms with Crippen molar-refractivity contribution in [1.82, 2.24) is 15.1 Å². The molecule has 168 valence electrons. The Balaban J connectivity index is -0.00000113. The zero-order chi connectivity index (χ0) is 22.9. The summed E-state index contributed by atoms with van der Waals surface area (Å²) in [5, 5.41) is 2.69. The van der Waals surface area contributed by atoms with Crippen LogP contribution in [0.5, 0.6) is 0 Å². The minimum atomic E-state index is -0.445. The molecule has 2 atom stereocenters. The van der Waals surface area contributed by atoms with Gasteiger partial charge >= 0.3 is 0 Å². The van der Waals surface area contributed by atoms with Crippen molar-refractivity contribution < 1.29 is 14.4 Å². The minimum absolute atomic E-state index is 0.0831. The molecule has 28 heavy (non-hydrogen) atoms. The number of nitrogens with one attached hydrogen (secondary N) is 1. The molecule has 0 aliphatic carbocycles. The number of hydrogen-bond acceptors (Lipinski definition) is 4. The molecule has 6 nitrogen and oxygen atoms in total. The molecule has 0 radical (unpaired) electrons. The fraction of sp³-hybridized carbons (Fsp3) is 0.864. The van der Waals surface area contributed by atoms with Crippen LogP contribution >= 0.6 is 0 Å². The highest BCUT2D eigenvalue weighted by Gasteiger charge is 2.24. The van der Waals surface area contributed by atoms with Crippen LogP contribution in [0.2, 0.25) is 0 Å². The lowest BCUT2D eigenvalue weighted by Gasteiger charge is -2.27. The van der Waals surface area contributed by atoms with Crippen LogP contribution in [-0.4, -0.2) is 67.7 Å². The summed E-state index contributed by atoms with van der Waals surface area (Å²) in [6.45, 7) is 16.3. The van der Waals surface area contributed by atoms with Crippen molar-refractivity contribution in [1.29, 1.82) is 0 Å². The van der Waals surface area contributed by atoms with Crippen LogP contribution in [0.25, 0.3) is 0 Å². The summed E-state index contributed by atoms with van der Waals surface area (Å²) in [6, 6.07) is -0.703. The average molecular weight is 402 g/mol. The van der Waals surface area contributed by atoms with Gasteiger partial charge in [-0.3, -0.25) is 14.5 Å². The number of likely N-dealkylation sites (N-methyl/N-ethyl adjacent to an activating group) is 2. The Hall–Kier alpha value is -1.43. The van der Waals surface area contributed by atoms with Gasteiger partial charge in [-0.2, -0.15) is 0 Å². The first kappa shape index (κ1) is 31.3. The number of rotatable bonds is 10. The van der Waals surface area contributed by atoms with Gasteiger partial charge in [0.25, 0.3) is 0 Å². The van der Waals surface area contributed by atoms with Gasteiger partial charge in [0.2, 0.25) is 11.8 Å². The lowest BCUT2D eigenvalue weighted by atomic mass is 10.0. The molecule has 0 bridgehead atoms. The molecule has 0 heterocycles. The van der Waals surface area contributed by atoms with E-state index < -0.39 is 6.04 Å². The molecule has 6 heteroatoms. The highest BCUT2D eigenvalue weighted by Crippen LogP contribution is 2.10. The third-order valence-electron chi connectivity index (χ3n) is 3.80. The topological polar surface area (TPSA) is 69.7 Å². The van der Waals surface area contributed by atoms with Gasteiger partial charge in [0, 0.05) is 7.05 Å². The van der Waals surface area contributed by atoms with E-state index in [9.17, 15) is 14.4 Å². The van der Waals surface area contributed by atoms with Crippen LogP contribution in [0.1, 0.15) is 74.7 Å². The minimum Gasteiger partial charge on any atom is -0.346 e. The Morgan fingerprint density at radius 1 is 0.929 bits per heavy atom. The summed E-state index contributed by atoms with van der Waals surface area (Å²) in [7, 11) is 5.31. The zero-order valence-electron chi connectivity index (χ0n) is 20.3. The first-order valence-corrected chi connectivity index (χ1v) is 10.7. The molecule has 0 fully saturated rings. The van der Waals surface area contributed by atoms with Crippen LogP contribution in [0.4, 0.5) is 0 Å². The standard InChI is InChI=1S/C17H33N3O3.C3H8.C2H6/c1-12(2)8-14(11-21)20(7)16(22)10-18-17(23)15(19(5)6)9-13(3)4;1-3-2;1-2/h11-15H,8-10H2,1-7H3,(H,18,23);3H2,1-2H3;1-2H3. The molecular weight excluding hydrogens is 354 g/mol. The maximum atomic E-state index is 12.3. The van der Waals surface area contributed by atoms with E-state index >= 15 is 0 Å². The number of hydrogen-bond donors (Lipinski definition) is 1. The van der Waals surface area contributed by atoms with E-state index in [1.165, 1.54) is 11.3 Å². The second kappa shape index (κ2) is 18.9. The van der Waals surface area contributed by atoms with Crippen LogP contribution in [-0.2, 0) is 14.4 Å². The largest absolute Gasteiger partial charge is 0.346 e. The van der Waals surface area contributed by atoms with Gasteiger partial charge in [-0.05, 0) is 38.8 Å². The van der Waals surface area contributed by atoms with E-state index in [1.807, 2.05) is 46.7 Å². The smallest absolute Gasteiger partial charge is 0.242 e. The quantitative estimate of drug-likeness (QED) is 0.568. The number of carbonyl (C=O) groups excluding carboxylic acids is 3. The highest BCUT2D eigenvalue weighted by atomic mass is 16.2. The molecule has 1 N–H and O–H groups in total. The Morgan fingerprint density at radius 2 is 1.36 bits per heavy atom. The summed E-state index contributed by atoms with van der Waals surface area (Å²) >= 11 is 0. The van der Waals surface area contributed by atoms with Gasteiger partial charge in [-0.1, -0.05) is 61.8 Å². The SMILES string of the molecule is CC.CC(C)CC(C(=O)NCC(=O)N(C)C(C=O)CC(C)C)N(C)C.CCC. The predicted octanol–water partition coefficient (Wildman–Crippen LogP) is 3.59. The second-order valence-corrected chi connectivity index (χ2v) is 7.87. The van der Waals surface area contributed by atoms with Gasteiger partial charge in [0.15, 0.2) is 0 Å². The molecule has 0 aliphatic heterocycles. The normalized spacial score (nSPS) is 12.4. The van der Waals surface area contributed by atoms with E-state index in [1.54, 1.807) is 7.05 Å². The van der Waals surface area contributed by atoms with Gasteiger partial charge in [-0.15, -0.1) is 0 Å². The summed E-state index contributed by atoms with van der Waals surface area (Å²) in [5.41, 5.74) is 0. The zero-order valence-corrected chi connectivity index (χ0v) is 20.3. The molecule has 0 aromatic rings. The van der Waals surface area contributed by atoms with Crippen molar-refractivity contribution in [2.45, 2.75) is 86.7 Å². The van der Waals surface area contributed by atoms with Crippen LogP contribution in [0, 0.1) is 11.8 Å². The van der Waals surface area contributed by atoms with Gasteiger partial charge in [-0.25, -0.2) is 0 Å². The van der Waals surface area contributed by atoms with Crippen LogP contribution < -0.4 is 5.32 Å². The van der Waals surface area contributed by atoms with E-state index in [2.05, 4.69) is 33.0 Å². The maximum absolute atomic E-state index is 12.3. The second-order valence-electron chi connectivity index (χ2n) is 7.87. The molecule has 0 aromatic carbocycles. The molecule has 2 unspecified atom stereocenters. The van der Waals surface area contributed by atoms with Gasteiger partial charge < -0.3 is 15.0 Å². The summed E-state index contributed by atoms with van der Waals surface area (Å²) < 4.78 is 0. The van der Waals surface area contributed by atoms with Crippen molar-refractivity contribution in [2.75, 3.05) is 27.7 Å². The number of nitrogens with zero attached hydrogens (tertiary/aromatic N) is 2. The number of amides is 2. The van der Waals surface area contributed by atoms with Crippen LogP contribution in [0.15, 0.2) is 0 Å². The van der Waals surface area contributed by atoms with Crippen molar-refractivity contribution in [3.05, 3.63) is 0 Å². The number of carbonyl (C=O) groups is 3. The van der Waals surface area contributed by atoms with Crippen molar-refractivity contribution in [3.8, 4) is 0 Å². The first-order chi connectivity index (χ1) is 13.0. The summed E-state index contributed by atoms with van der Waals surface area (Å²) in [4.78, 5) is 38.9. The van der Waals surface area contributed by atoms with E-state index in [0.717, 1.165) is 12.7 Å². The molecule has 0 aliphatic rings. The Morgan fingerprint density at radius 3 is 1.68 bits per heavy atom. The Labute approximate surface area is 174 Å².